The lowest BCUT2D eigenvalue weighted by Gasteiger charge is -2.09. The predicted molar refractivity (Wildman–Crippen MR) is 86.9 cm³/mol. The van der Waals surface area contributed by atoms with Crippen LogP contribution in [-0.4, -0.2) is 21.9 Å². The van der Waals surface area contributed by atoms with E-state index in [2.05, 4.69) is 8.37 Å². The first kappa shape index (κ1) is 17.9. The summed E-state index contributed by atoms with van der Waals surface area (Å²) in [6, 6.07) is 10.8. The topological polar surface area (TPSA) is 86.7 Å². The highest BCUT2D eigenvalue weighted by Crippen LogP contribution is 2.20. The Labute approximate surface area is 143 Å². The lowest BCUT2D eigenvalue weighted by Crippen LogP contribution is -2.24. The molecule has 0 N–H and O–H groups in total. The molecule has 0 spiro atoms. The first-order chi connectivity index (χ1) is 10.7. The Kier molecular flexibility index (Phi) is 5.41. The molecule has 0 saturated heterocycles. The van der Waals surface area contributed by atoms with Gasteiger partial charge in [0.05, 0.1) is 0 Å². The van der Waals surface area contributed by atoms with Crippen molar-refractivity contribution in [3.8, 4) is 11.5 Å². The van der Waals surface area contributed by atoms with Crippen molar-refractivity contribution in [2.24, 2.45) is 0 Å². The molecule has 6 nitrogen and oxygen atoms in total. The van der Waals surface area contributed by atoms with Crippen LogP contribution in [0.4, 0.5) is 0 Å². The second-order valence-corrected chi connectivity index (χ2v) is 8.69. The minimum Gasteiger partial charge on any atom is -0.382 e. The average Bonchev–Trinajstić information content (AvgIpc) is 2.42. The molecule has 23 heavy (non-hydrogen) atoms. The molecular formula is C13H10Cl2O6S2. The zero-order valence-electron chi connectivity index (χ0n) is 11.3. The summed E-state index contributed by atoms with van der Waals surface area (Å²) in [5.41, 5.74) is 0. The van der Waals surface area contributed by atoms with Crippen molar-refractivity contribution in [2.75, 3.05) is 5.08 Å². The third-order valence-electron chi connectivity index (χ3n) is 2.36. The molecule has 0 fully saturated rings. The molecule has 0 bridgehead atoms. The summed E-state index contributed by atoms with van der Waals surface area (Å²) < 4.78 is 56.6. The van der Waals surface area contributed by atoms with Gasteiger partial charge in [0.25, 0.3) is 0 Å². The van der Waals surface area contributed by atoms with Crippen LogP contribution in [0.25, 0.3) is 0 Å². The van der Waals surface area contributed by atoms with Crippen LogP contribution in [0.15, 0.2) is 48.5 Å². The van der Waals surface area contributed by atoms with Crippen LogP contribution in [0.3, 0.4) is 0 Å². The fraction of sp³-hybridized carbons (Fsp3) is 0.0769. The number of hydrogen-bond acceptors (Lipinski definition) is 6. The van der Waals surface area contributed by atoms with Crippen LogP contribution in [0, 0.1) is 0 Å². The predicted octanol–water partition coefficient (Wildman–Crippen LogP) is 3.07. The maximum Gasteiger partial charge on any atom is 0.327 e. The highest BCUT2D eigenvalue weighted by molar-refractivity contribution is 8.04. The Balaban J connectivity index is 2.08. The van der Waals surface area contributed by atoms with Gasteiger partial charge in [-0.2, -0.15) is 16.8 Å². The second-order valence-electron chi connectivity index (χ2n) is 4.31. The molecular weight excluding hydrogens is 387 g/mol. The van der Waals surface area contributed by atoms with Crippen molar-refractivity contribution in [3.05, 3.63) is 58.6 Å². The van der Waals surface area contributed by atoms with Crippen LogP contribution in [-0.2, 0) is 20.2 Å². The SMILES string of the molecule is O=S(=O)(CS(=O)(=O)Oc1ccc(Cl)cc1)Oc1ccc(Cl)cc1. The van der Waals surface area contributed by atoms with E-state index in [9.17, 15) is 16.8 Å². The van der Waals surface area contributed by atoms with Gasteiger partial charge in [-0.15, -0.1) is 0 Å². The third kappa shape index (κ3) is 5.91. The van der Waals surface area contributed by atoms with Crippen LogP contribution in [0.5, 0.6) is 11.5 Å². The summed E-state index contributed by atoms with van der Waals surface area (Å²) in [5.74, 6) is -0.118. The molecule has 0 aromatic heterocycles. The van der Waals surface area contributed by atoms with Crippen LogP contribution >= 0.6 is 23.2 Å². The van der Waals surface area contributed by atoms with Gasteiger partial charge in [0, 0.05) is 10.0 Å². The molecule has 10 heteroatoms. The minimum atomic E-state index is -4.42. The van der Waals surface area contributed by atoms with Crippen molar-refractivity contribution in [2.45, 2.75) is 0 Å². The van der Waals surface area contributed by atoms with E-state index in [0.29, 0.717) is 10.0 Å². The van der Waals surface area contributed by atoms with Crippen molar-refractivity contribution >= 4 is 43.4 Å². The maximum atomic E-state index is 11.8. The van der Waals surface area contributed by atoms with E-state index in [4.69, 9.17) is 23.2 Å². The van der Waals surface area contributed by atoms with Gasteiger partial charge in [-0.25, -0.2) is 0 Å². The fourth-order valence-electron chi connectivity index (χ4n) is 1.50. The van der Waals surface area contributed by atoms with E-state index in [-0.39, 0.29) is 11.5 Å². The van der Waals surface area contributed by atoms with Gasteiger partial charge in [-0.3, -0.25) is 0 Å². The lowest BCUT2D eigenvalue weighted by molar-refractivity contribution is 0.475. The maximum absolute atomic E-state index is 11.8. The van der Waals surface area contributed by atoms with Gasteiger partial charge in [-0.05, 0) is 48.5 Å². The Morgan fingerprint density at radius 1 is 0.652 bits per heavy atom. The van der Waals surface area contributed by atoms with Gasteiger partial charge in [-0.1, -0.05) is 23.2 Å². The van der Waals surface area contributed by atoms with E-state index in [1.807, 2.05) is 0 Å². The van der Waals surface area contributed by atoms with Crippen molar-refractivity contribution in [3.63, 3.8) is 0 Å². The van der Waals surface area contributed by atoms with E-state index in [0.717, 1.165) is 0 Å². The molecule has 0 saturated carbocycles. The number of halogens is 2. The molecule has 0 unspecified atom stereocenters. The van der Waals surface area contributed by atoms with Crippen molar-refractivity contribution < 1.29 is 25.2 Å². The smallest absolute Gasteiger partial charge is 0.327 e. The molecule has 0 heterocycles. The Morgan fingerprint density at radius 3 is 1.26 bits per heavy atom. The molecule has 0 aliphatic heterocycles. The average molecular weight is 397 g/mol. The molecule has 2 aromatic rings. The van der Waals surface area contributed by atoms with Crippen molar-refractivity contribution in [1.82, 2.24) is 0 Å². The van der Waals surface area contributed by atoms with E-state index < -0.39 is 25.3 Å². The quantitative estimate of drug-likeness (QED) is 0.697. The second kappa shape index (κ2) is 6.96. The van der Waals surface area contributed by atoms with Crippen LogP contribution in [0.2, 0.25) is 10.0 Å². The Morgan fingerprint density at radius 2 is 0.957 bits per heavy atom. The number of rotatable bonds is 6. The molecule has 0 radical (unpaired) electrons. The van der Waals surface area contributed by atoms with E-state index >= 15 is 0 Å². The van der Waals surface area contributed by atoms with Gasteiger partial charge >= 0.3 is 20.2 Å². The summed E-state index contributed by atoms with van der Waals surface area (Å²) in [5, 5.41) is -0.576. The molecule has 0 aliphatic rings. The normalized spacial score (nSPS) is 11.9. The zero-order valence-corrected chi connectivity index (χ0v) is 14.5. The first-order valence-corrected chi connectivity index (χ1v) is 9.92. The highest BCUT2D eigenvalue weighted by atomic mass is 35.5. The monoisotopic (exact) mass is 396 g/mol. The largest absolute Gasteiger partial charge is 0.382 e. The number of benzene rings is 2. The summed E-state index contributed by atoms with van der Waals surface area (Å²) in [6.45, 7) is 0. The highest BCUT2D eigenvalue weighted by Gasteiger charge is 2.26. The molecule has 0 aliphatic carbocycles. The van der Waals surface area contributed by atoms with Crippen LogP contribution < -0.4 is 8.37 Å². The molecule has 2 aromatic carbocycles. The van der Waals surface area contributed by atoms with Crippen molar-refractivity contribution in [1.29, 1.82) is 0 Å². The van der Waals surface area contributed by atoms with Gasteiger partial charge in [0.2, 0.25) is 5.08 Å². The first-order valence-electron chi connectivity index (χ1n) is 6.01. The number of hydrogen-bond donors (Lipinski definition) is 0. The lowest BCUT2D eigenvalue weighted by atomic mass is 10.3. The fourth-order valence-corrected chi connectivity index (χ4v) is 4.36. The van der Waals surface area contributed by atoms with Gasteiger partial charge < -0.3 is 8.37 Å². The molecule has 0 atom stereocenters. The van der Waals surface area contributed by atoms with Gasteiger partial charge in [0.1, 0.15) is 11.5 Å². The Hall–Kier alpha value is -1.48. The molecule has 2 rings (SSSR count). The standard InChI is InChI=1S/C13H10Cl2O6S2/c14-10-1-5-12(6-2-10)20-22(16,17)9-23(18,19)21-13-7-3-11(15)4-8-13/h1-8H,9H2. The van der Waals surface area contributed by atoms with E-state index in [1.165, 1.54) is 48.5 Å². The van der Waals surface area contributed by atoms with Gasteiger partial charge in [0.15, 0.2) is 0 Å². The summed E-state index contributed by atoms with van der Waals surface area (Å²) >= 11 is 11.3. The Bertz CT molecular complexity index is 800. The summed E-state index contributed by atoms with van der Waals surface area (Å²) in [6.07, 6.45) is 0. The summed E-state index contributed by atoms with van der Waals surface area (Å²) in [4.78, 5) is 0. The molecule has 124 valence electrons. The third-order valence-corrected chi connectivity index (χ3v) is 6.07. The summed E-state index contributed by atoms with van der Waals surface area (Å²) in [7, 11) is -8.83. The molecule has 0 amide bonds. The van der Waals surface area contributed by atoms with E-state index in [1.54, 1.807) is 0 Å². The van der Waals surface area contributed by atoms with Crippen LogP contribution in [0.1, 0.15) is 0 Å². The zero-order chi connectivity index (χ0) is 17.1. The minimum absolute atomic E-state index is 0.0592.